The molecule has 7 rings (SSSR count). The van der Waals surface area contributed by atoms with Gasteiger partial charge in [0.2, 0.25) is 23.2 Å². The standard InChI is InChI=1S/C24H22FN5O7/c1-9-7-29-14-11(6-24(16(29)10(2)36-9)20(33)26-22(35)27-21(24)34)5-12-15(13(14)25)37-28-18(12)30-8-23(3-4-23)17(31)19(30)32/h5,9-10,16H,3-4,6-8H2,1-2H3,(H2,26,27,33,34,35)/t9-,10+,16-/m1/s1. The quantitative estimate of drug-likeness (QED) is 0.413. The lowest BCUT2D eigenvalue weighted by Crippen LogP contribution is -2.75. The van der Waals surface area contributed by atoms with E-state index in [2.05, 4.69) is 15.8 Å². The largest absolute Gasteiger partial charge is 0.372 e. The lowest BCUT2D eigenvalue weighted by atomic mass is 9.66. The molecule has 2 aromatic rings. The number of rotatable bonds is 1. The zero-order valence-electron chi connectivity index (χ0n) is 19.9. The Hall–Kier alpha value is -3.87. The number of hydrogen-bond donors (Lipinski definition) is 2. The van der Waals surface area contributed by atoms with E-state index in [4.69, 9.17) is 9.26 Å². The molecule has 37 heavy (non-hydrogen) atoms. The molecule has 0 unspecified atom stereocenters. The molecule has 192 valence electrons. The third-order valence-corrected chi connectivity index (χ3v) is 8.44. The number of morpholine rings is 1. The van der Waals surface area contributed by atoms with E-state index >= 15 is 4.39 Å². The molecule has 3 atom stereocenters. The number of urea groups is 1. The zero-order valence-corrected chi connectivity index (χ0v) is 19.9. The number of anilines is 2. The number of amides is 5. The molecule has 5 heterocycles. The molecular formula is C24H22FN5O7. The van der Waals surface area contributed by atoms with Gasteiger partial charge >= 0.3 is 6.03 Å². The smallest absolute Gasteiger partial charge is 0.328 e. The Morgan fingerprint density at radius 3 is 2.46 bits per heavy atom. The normalized spacial score (nSPS) is 29.6. The van der Waals surface area contributed by atoms with Crippen LogP contribution in [0.2, 0.25) is 0 Å². The lowest BCUT2D eigenvalue weighted by molar-refractivity contribution is -0.153. The van der Waals surface area contributed by atoms with E-state index in [-0.39, 0.29) is 48.1 Å². The van der Waals surface area contributed by atoms with Gasteiger partial charge in [0.1, 0.15) is 0 Å². The molecule has 5 amide bonds. The molecule has 1 aromatic carbocycles. The summed E-state index contributed by atoms with van der Waals surface area (Å²) < 4.78 is 27.5. The number of nitrogens with zero attached hydrogens (tertiary/aromatic N) is 3. The summed E-state index contributed by atoms with van der Waals surface area (Å²) in [6.07, 6.45) is -0.0362. The number of fused-ring (bicyclic) bond motifs is 5. The van der Waals surface area contributed by atoms with Crippen molar-refractivity contribution in [2.45, 2.75) is 51.4 Å². The number of hydrogen-bond acceptors (Lipinski definition) is 9. The number of carbonyl (C=O) groups excluding carboxylic acids is 5. The number of Topliss-reactive ketones (excluding diaryl/α,β-unsaturated/α-hetero) is 1. The molecule has 1 aliphatic carbocycles. The topological polar surface area (TPSA) is 151 Å². The van der Waals surface area contributed by atoms with Gasteiger partial charge in [-0.1, -0.05) is 5.16 Å². The summed E-state index contributed by atoms with van der Waals surface area (Å²) >= 11 is 0. The van der Waals surface area contributed by atoms with E-state index in [9.17, 15) is 24.0 Å². The fourth-order valence-electron chi connectivity index (χ4n) is 6.63. The summed E-state index contributed by atoms with van der Waals surface area (Å²) in [5, 5.41) is 8.49. The molecule has 4 aliphatic heterocycles. The van der Waals surface area contributed by atoms with Gasteiger partial charge < -0.3 is 14.2 Å². The van der Waals surface area contributed by atoms with Crippen LogP contribution in [0, 0.1) is 16.6 Å². The summed E-state index contributed by atoms with van der Waals surface area (Å²) in [4.78, 5) is 66.6. The third-order valence-electron chi connectivity index (χ3n) is 8.44. The number of carbonyl (C=O) groups is 5. The highest BCUT2D eigenvalue weighted by Gasteiger charge is 2.64. The van der Waals surface area contributed by atoms with Gasteiger partial charge in [0.05, 0.1) is 34.7 Å². The van der Waals surface area contributed by atoms with Crippen LogP contribution in [0.4, 0.5) is 20.7 Å². The van der Waals surface area contributed by atoms with E-state index in [0.717, 1.165) is 0 Å². The first kappa shape index (κ1) is 22.3. The molecule has 13 heteroatoms. The van der Waals surface area contributed by atoms with Crippen molar-refractivity contribution in [1.82, 2.24) is 15.8 Å². The van der Waals surface area contributed by atoms with Crippen molar-refractivity contribution in [1.29, 1.82) is 0 Å². The van der Waals surface area contributed by atoms with Crippen LogP contribution in [0.3, 0.4) is 0 Å². The molecule has 4 fully saturated rings. The SMILES string of the molecule is C[C@@H]1CN2c3c(cc4c(N5CC6(CC6)C(=O)C5=O)noc4c3F)CC3(C(=O)NC(=O)NC3=O)[C@H]2[C@H](C)O1. The fraction of sp³-hybridized carbons (Fsp3) is 0.500. The average Bonchev–Trinajstić information content (AvgIpc) is 3.43. The second kappa shape index (κ2) is 6.91. The number of aromatic nitrogens is 1. The number of benzene rings is 1. The number of ether oxygens (including phenoxy) is 1. The van der Waals surface area contributed by atoms with Crippen molar-refractivity contribution in [3.8, 4) is 0 Å². The zero-order chi connectivity index (χ0) is 26.0. The van der Waals surface area contributed by atoms with Gasteiger partial charge in [0.15, 0.2) is 17.1 Å². The van der Waals surface area contributed by atoms with Gasteiger partial charge in [-0.3, -0.25) is 34.7 Å². The lowest BCUT2D eigenvalue weighted by Gasteiger charge is -2.55. The number of imide groups is 2. The maximum Gasteiger partial charge on any atom is 0.328 e. The molecule has 0 radical (unpaired) electrons. The summed E-state index contributed by atoms with van der Waals surface area (Å²) in [6.45, 7) is 3.81. The summed E-state index contributed by atoms with van der Waals surface area (Å²) in [6, 6.07) is -0.286. The highest BCUT2D eigenvalue weighted by Crippen LogP contribution is 2.53. The van der Waals surface area contributed by atoms with E-state index in [1.165, 1.54) is 4.90 Å². The van der Waals surface area contributed by atoms with Crippen molar-refractivity contribution >= 4 is 52.0 Å². The van der Waals surface area contributed by atoms with Gasteiger partial charge in [-0.15, -0.1) is 0 Å². The molecule has 2 spiro atoms. The Morgan fingerprint density at radius 2 is 1.81 bits per heavy atom. The van der Waals surface area contributed by atoms with Gasteiger partial charge in [0, 0.05) is 19.5 Å². The summed E-state index contributed by atoms with van der Waals surface area (Å²) in [5.41, 5.74) is -2.23. The summed E-state index contributed by atoms with van der Waals surface area (Å²) in [5.74, 6) is -3.53. The monoisotopic (exact) mass is 511 g/mol. The molecule has 3 saturated heterocycles. The first-order chi connectivity index (χ1) is 17.6. The first-order valence-electron chi connectivity index (χ1n) is 12.1. The van der Waals surface area contributed by atoms with Crippen LogP contribution < -0.4 is 20.4 Å². The van der Waals surface area contributed by atoms with Crippen LogP contribution in [0.1, 0.15) is 32.3 Å². The van der Waals surface area contributed by atoms with Crippen LogP contribution in [0.15, 0.2) is 10.6 Å². The second-order valence-electron chi connectivity index (χ2n) is 10.7. The molecule has 2 N–H and O–H groups in total. The van der Waals surface area contributed by atoms with Crippen molar-refractivity contribution in [3.63, 3.8) is 0 Å². The minimum absolute atomic E-state index is 0.0198. The summed E-state index contributed by atoms with van der Waals surface area (Å²) in [7, 11) is 0. The van der Waals surface area contributed by atoms with Gasteiger partial charge in [-0.2, -0.15) is 0 Å². The van der Waals surface area contributed by atoms with E-state index in [1.807, 2.05) is 0 Å². The van der Waals surface area contributed by atoms with Crippen LogP contribution in [-0.2, 0) is 30.3 Å². The van der Waals surface area contributed by atoms with E-state index < -0.39 is 58.3 Å². The first-order valence-corrected chi connectivity index (χ1v) is 12.1. The average molecular weight is 511 g/mol. The molecule has 1 aromatic heterocycles. The van der Waals surface area contributed by atoms with Crippen molar-refractivity contribution in [2.24, 2.45) is 10.8 Å². The van der Waals surface area contributed by atoms with Crippen molar-refractivity contribution < 1.29 is 37.6 Å². The van der Waals surface area contributed by atoms with Crippen molar-refractivity contribution in [3.05, 3.63) is 17.4 Å². The number of nitrogens with one attached hydrogen (secondary N) is 2. The minimum Gasteiger partial charge on any atom is -0.372 e. The molecule has 5 aliphatic rings. The predicted molar refractivity (Wildman–Crippen MR) is 122 cm³/mol. The highest BCUT2D eigenvalue weighted by atomic mass is 19.1. The van der Waals surface area contributed by atoms with Gasteiger partial charge in [-0.25, -0.2) is 9.18 Å². The molecule has 1 saturated carbocycles. The predicted octanol–water partition coefficient (Wildman–Crippen LogP) is 0.554. The van der Waals surface area contributed by atoms with Crippen LogP contribution >= 0.6 is 0 Å². The Morgan fingerprint density at radius 1 is 1.11 bits per heavy atom. The number of barbiturate groups is 1. The Kier molecular flexibility index (Phi) is 4.17. The number of ketones is 1. The van der Waals surface area contributed by atoms with E-state index in [0.29, 0.717) is 18.4 Å². The minimum atomic E-state index is -1.78. The Balaban J connectivity index is 1.42. The molecule has 0 bridgehead atoms. The van der Waals surface area contributed by atoms with Crippen molar-refractivity contribution in [2.75, 3.05) is 22.9 Å². The second-order valence-corrected chi connectivity index (χ2v) is 10.7. The van der Waals surface area contributed by atoms with Gasteiger partial charge in [0.25, 0.3) is 5.91 Å². The Labute approximate surface area is 208 Å². The van der Waals surface area contributed by atoms with Crippen LogP contribution in [0.5, 0.6) is 0 Å². The Bertz CT molecular complexity index is 1460. The number of halogens is 1. The maximum atomic E-state index is 16.2. The fourth-order valence-corrected chi connectivity index (χ4v) is 6.63. The molecular weight excluding hydrogens is 489 g/mol. The van der Waals surface area contributed by atoms with Crippen LogP contribution in [-0.4, -0.2) is 66.0 Å². The highest BCUT2D eigenvalue weighted by molar-refractivity contribution is 6.46. The third kappa shape index (κ3) is 2.69. The van der Waals surface area contributed by atoms with Crippen LogP contribution in [0.25, 0.3) is 11.0 Å². The molecule has 12 nitrogen and oxygen atoms in total. The maximum absolute atomic E-state index is 16.2. The van der Waals surface area contributed by atoms with E-state index in [1.54, 1.807) is 24.8 Å². The van der Waals surface area contributed by atoms with Gasteiger partial charge in [-0.05, 0) is 38.3 Å².